The van der Waals surface area contributed by atoms with Gasteiger partial charge in [-0.05, 0) is 6.42 Å². The second-order valence-corrected chi connectivity index (χ2v) is 13.4. The van der Waals surface area contributed by atoms with Gasteiger partial charge in [-0.15, -0.1) is 0 Å². The summed E-state index contributed by atoms with van der Waals surface area (Å²) in [6, 6.07) is -0.870. The minimum atomic E-state index is -5.06. The van der Waals surface area contributed by atoms with E-state index in [0.29, 0.717) is 0 Å². The zero-order valence-corrected chi connectivity index (χ0v) is 24.4. The second kappa shape index (κ2) is 10.8. The predicted octanol–water partition coefficient (Wildman–Crippen LogP) is -0.701. The Morgan fingerprint density at radius 2 is 1.64 bits per heavy atom. The first kappa shape index (κ1) is 30.2. The van der Waals surface area contributed by atoms with Gasteiger partial charge < -0.3 is 35.7 Å². The third-order valence-electron chi connectivity index (χ3n) is 7.84. The van der Waals surface area contributed by atoms with Crippen LogP contribution in [0.3, 0.4) is 0 Å². The molecule has 0 spiro atoms. The summed E-state index contributed by atoms with van der Waals surface area (Å²) < 4.78 is 71.1. The van der Waals surface area contributed by atoms with Gasteiger partial charge in [-0.2, -0.15) is 4.98 Å². The second-order valence-electron chi connectivity index (χ2n) is 10.6. The van der Waals surface area contributed by atoms with Crippen LogP contribution in [0.5, 0.6) is 0 Å². The average Bonchev–Trinajstić information content (AvgIpc) is 3.72. The molecule has 2 saturated heterocycles. The molecule has 0 bridgehead atoms. The van der Waals surface area contributed by atoms with Crippen molar-refractivity contribution in [1.29, 1.82) is 0 Å². The normalized spacial score (nSPS) is 37.7. The highest BCUT2D eigenvalue weighted by Crippen LogP contribution is 2.55. The molecule has 0 amide bonds. The van der Waals surface area contributed by atoms with Gasteiger partial charge in [0.15, 0.2) is 35.0 Å². The number of nitrogens with two attached hydrogens (primary N) is 2. The van der Waals surface area contributed by atoms with E-state index in [4.69, 9.17) is 34.3 Å². The van der Waals surface area contributed by atoms with Crippen LogP contribution >= 0.6 is 15.6 Å². The Morgan fingerprint density at radius 1 is 0.956 bits per heavy atom. The number of nitrogens with zero attached hydrogens (tertiary/aromatic N) is 7. The highest BCUT2D eigenvalue weighted by molar-refractivity contribution is 7.47. The lowest BCUT2D eigenvalue weighted by molar-refractivity contribution is -0.0592. The van der Waals surface area contributed by atoms with Gasteiger partial charge in [-0.25, -0.2) is 33.5 Å². The third-order valence-corrected chi connectivity index (χ3v) is 9.81. The first-order chi connectivity index (χ1) is 21.3. The van der Waals surface area contributed by atoms with E-state index in [-0.39, 0.29) is 40.5 Å². The lowest BCUT2D eigenvalue weighted by Crippen LogP contribution is -2.36. The van der Waals surface area contributed by atoms with E-state index in [1.807, 2.05) is 0 Å². The summed E-state index contributed by atoms with van der Waals surface area (Å²) in [5, 5.41) is 11.2. The molecule has 8 N–H and O–H groups in total. The molecule has 2 aliphatic heterocycles. The standard InChI is InChI=1S/C21H25FN10O11P2/c22-10-15-9(41-20(10)32-6-28-12-18(32)29-21(24)30-19(12)34)3-40-45(37,38)42-14-7(2-39-44(35,36)43-15)1-8(13(14)33)31-5-27-11-16(23)25-4-26-17(11)31/h4-10,13-15,20,33H,1-3H2,(H,35,36)(H,37,38)(H2,23,25,26)(H3,24,29,30,34)/t7-,8-,9-,10?,13-,14+,15+,20-/m1/s1. The number of phosphoric ester groups is 2. The number of nitrogens with one attached hydrogen (secondary N) is 1. The van der Waals surface area contributed by atoms with Crippen molar-refractivity contribution in [3.63, 3.8) is 0 Å². The Labute approximate surface area is 249 Å². The van der Waals surface area contributed by atoms with Gasteiger partial charge in [0.2, 0.25) is 5.95 Å². The highest BCUT2D eigenvalue weighted by atomic mass is 31.2. The first-order valence-electron chi connectivity index (χ1n) is 13.3. The summed E-state index contributed by atoms with van der Waals surface area (Å²) in [6.07, 6.45) is -6.78. The first-order valence-corrected chi connectivity index (χ1v) is 16.3. The van der Waals surface area contributed by atoms with Gasteiger partial charge in [-0.3, -0.25) is 32.4 Å². The molecule has 4 aromatic heterocycles. The topological polar surface area (TPSA) is 300 Å². The molecule has 4 aromatic rings. The number of phosphoric acid groups is 2. The number of imidazole rings is 2. The molecular weight excluding hydrogens is 649 g/mol. The van der Waals surface area contributed by atoms with Crippen LogP contribution in [-0.4, -0.2) is 97.7 Å². The number of alkyl halides is 1. The number of aliphatic hydroxyl groups excluding tert-OH is 1. The predicted molar refractivity (Wildman–Crippen MR) is 146 cm³/mol. The van der Waals surface area contributed by atoms with Crippen LogP contribution in [0, 0.1) is 5.92 Å². The van der Waals surface area contributed by atoms with Crippen molar-refractivity contribution >= 4 is 49.7 Å². The molecule has 24 heteroatoms. The van der Waals surface area contributed by atoms with Gasteiger partial charge in [0, 0.05) is 5.92 Å². The third kappa shape index (κ3) is 5.31. The van der Waals surface area contributed by atoms with E-state index in [1.54, 1.807) is 0 Å². The van der Waals surface area contributed by atoms with E-state index >= 15 is 4.39 Å². The van der Waals surface area contributed by atoms with Gasteiger partial charge in [0.05, 0.1) is 31.9 Å². The maximum Gasteiger partial charge on any atom is 0.472 e. The molecule has 1 saturated carbocycles. The number of hydrogen-bond acceptors (Lipinski definition) is 16. The molecule has 21 nitrogen and oxygen atoms in total. The molecular formula is C21H25FN10O11P2. The highest BCUT2D eigenvalue weighted by Gasteiger charge is 2.54. The molecule has 7 rings (SSSR count). The van der Waals surface area contributed by atoms with Gasteiger partial charge in [-0.1, -0.05) is 0 Å². The summed E-state index contributed by atoms with van der Waals surface area (Å²) in [7, 11) is -10.1. The monoisotopic (exact) mass is 674 g/mol. The van der Waals surface area contributed by atoms with Crippen molar-refractivity contribution in [2.24, 2.45) is 5.92 Å². The van der Waals surface area contributed by atoms with Gasteiger partial charge in [0.25, 0.3) is 5.56 Å². The number of anilines is 2. The van der Waals surface area contributed by atoms with Crippen molar-refractivity contribution in [2.75, 3.05) is 24.7 Å². The number of halogens is 1. The fourth-order valence-electron chi connectivity index (χ4n) is 5.82. The number of H-pyrrole nitrogens is 1. The van der Waals surface area contributed by atoms with Crippen molar-refractivity contribution in [3.05, 3.63) is 29.3 Å². The summed E-state index contributed by atoms with van der Waals surface area (Å²) in [4.78, 5) is 55.7. The number of fused-ring (bicyclic) bond motifs is 4. The minimum Gasteiger partial charge on any atom is -0.388 e. The maximum atomic E-state index is 15.9. The molecule has 242 valence electrons. The summed E-state index contributed by atoms with van der Waals surface area (Å²) in [6.45, 7) is -1.51. The lowest BCUT2D eigenvalue weighted by atomic mass is 10.1. The fourth-order valence-corrected chi connectivity index (χ4v) is 7.82. The average molecular weight is 674 g/mol. The van der Waals surface area contributed by atoms with E-state index < -0.39 is 83.2 Å². The molecule has 3 aliphatic rings. The van der Waals surface area contributed by atoms with E-state index in [9.17, 15) is 28.8 Å². The smallest absolute Gasteiger partial charge is 0.388 e. The molecule has 45 heavy (non-hydrogen) atoms. The number of aliphatic hydroxyl groups is 1. The Morgan fingerprint density at radius 3 is 2.42 bits per heavy atom. The Kier molecular flexibility index (Phi) is 7.28. The van der Waals surface area contributed by atoms with Crippen molar-refractivity contribution in [2.45, 2.75) is 49.3 Å². The summed E-state index contributed by atoms with van der Waals surface area (Å²) >= 11 is 0. The SMILES string of the molecule is Nc1nc2c(ncn2[C@@H]2O[C@@H]3COP(=O)(O)O[C@H]4[C@@H](COP(=O)(O)O[C@@H]3C2F)C[C@@H](n2cnc3c(N)ncnc32)[C@H]4O)c(=O)[nH]1. The Hall–Kier alpha value is -3.43. The van der Waals surface area contributed by atoms with E-state index in [0.717, 1.165) is 10.9 Å². The zero-order chi connectivity index (χ0) is 31.8. The fraction of sp³-hybridized carbons (Fsp3) is 0.524. The number of aromatic nitrogens is 8. The van der Waals surface area contributed by atoms with Crippen LogP contribution < -0.4 is 17.0 Å². The molecule has 0 aromatic carbocycles. The molecule has 1 aliphatic carbocycles. The lowest BCUT2D eigenvalue weighted by Gasteiger charge is -2.28. The molecule has 3 unspecified atom stereocenters. The van der Waals surface area contributed by atoms with E-state index in [2.05, 4.69) is 29.9 Å². The number of aromatic amines is 1. The number of nitrogen functional groups attached to an aromatic ring is 2. The maximum absolute atomic E-state index is 15.9. The van der Waals surface area contributed by atoms with Crippen LogP contribution in [0.4, 0.5) is 16.2 Å². The van der Waals surface area contributed by atoms with Crippen molar-refractivity contribution in [1.82, 2.24) is 39.0 Å². The van der Waals surface area contributed by atoms with Crippen LogP contribution in [0.1, 0.15) is 18.7 Å². The number of rotatable bonds is 2. The van der Waals surface area contributed by atoms with Crippen LogP contribution in [-0.2, 0) is 32.0 Å². The van der Waals surface area contributed by atoms with E-state index in [1.165, 1.54) is 17.2 Å². The van der Waals surface area contributed by atoms with Crippen LogP contribution in [0.15, 0.2) is 23.8 Å². The summed E-state index contributed by atoms with van der Waals surface area (Å²) in [5.41, 5.74) is 10.9. The van der Waals surface area contributed by atoms with Crippen LogP contribution in [0.25, 0.3) is 22.3 Å². The van der Waals surface area contributed by atoms with Crippen LogP contribution in [0.2, 0.25) is 0 Å². The molecule has 3 fully saturated rings. The molecule has 10 atom stereocenters. The Bertz CT molecular complexity index is 1940. The molecule has 0 radical (unpaired) electrons. The number of ether oxygens (including phenoxy) is 1. The minimum absolute atomic E-state index is 0.0207. The Balaban J connectivity index is 1.17. The van der Waals surface area contributed by atoms with Gasteiger partial charge >= 0.3 is 15.6 Å². The number of hydrogen-bond donors (Lipinski definition) is 6. The largest absolute Gasteiger partial charge is 0.472 e. The quantitative estimate of drug-likeness (QED) is 0.143. The van der Waals surface area contributed by atoms with Gasteiger partial charge in [0.1, 0.15) is 36.3 Å². The van der Waals surface area contributed by atoms with Crippen molar-refractivity contribution in [3.8, 4) is 0 Å². The zero-order valence-electron chi connectivity index (χ0n) is 22.6. The van der Waals surface area contributed by atoms with Crippen molar-refractivity contribution < 1.29 is 51.2 Å². The molecule has 6 heterocycles. The summed E-state index contributed by atoms with van der Waals surface area (Å²) in [5.74, 6) is -1.19.